The van der Waals surface area contributed by atoms with E-state index in [2.05, 4.69) is 5.10 Å². The zero-order chi connectivity index (χ0) is 19.3. The van der Waals surface area contributed by atoms with Gasteiger partial charge >= 0.3 is 0 Å². The van der Waals surface area contributed by atoms with Crippen LogP contribution in [0.3, 0.4) is 0 Å². The van der Waals surface area contributed by atoms with Gasteiger partial charge in [-0.25, -0.2) is 23.7 Å². The molecule has 2 aromatic rings. The molecule has 0 spiro atoms. The molecule has 0 radical (unpaired) electrons. The molecule has 0 bridgehead atoms. The molecule has 0 saturated carbocycles. The van der Waals surface area contributed by atoms with Crippen LogP contribution in [0.15, 0.2) is 47.6 Å². The Labute approximate surface area is 146 Å². The number of nitrogens with one attached hydrogen (secondary N) is 1. The van der Waals surface area contributed by atoms with E-state index in [1.54, 1.807) is 0 Å². The molecule has 0 aliphatic carbocycles. The first-order valence-corrected chi connectivity index (χ1v) is 7.28. The summed E-state index contributed by atoms with van der Waals surface area (Å²) in [5.41, 5.74) is 0.582. The molecule has 9 heteroatoms. The number of halogens is 3. The van der Waals surface area contributed by atoms with Gasteiger partial charge in [-0.15, -0.1) is 0 Å². The molecular formula is C17H14F3N3O3. The first-order chi connectivity index (χ1) is 12.3. The minimum absolute atomic E-state index is 0.0405. The lowest BCUT2D eigenvalue weighted by Gasteiger charge is -2.14. The fourth-order valence-corrected chi connectivity index (χ4v) is 2.10. The van der Waals surface area contributed by atoms with E-state index < -0.39 is 29.6 Å². The van der Waals surface area contributed by atoms with Crippen LogP contribution in [0.1, 0.15) is 38.3 Å². The molecule has 0 aliphatic heterocycles. The van der Waals surface area contributed by atoms with Gasteiger partial charge in [0, 0.05) is 23.7 Å². The average molecular weight is 365 g/mol. The molecule has 0 aromatic heterocycles. The number of rotatable bonds is 5. The number of carbonyl (C=O) groups excluding carboxylic acids is 2. The fourth-order valence-electron chi connectivity index (χ4n) is 2.10. The predicted molar refractivity (Wildman–Crippen MR) is 86.7 cm³/mol. The Bertz CT molecular complexity index is 856. The van der Waals surface area contributed by atoms with Crippen LogP contribution in [0.5, 0.6) is 0 Å². The van der Waals surface area contributed by atoms with Crippen LogP contribution in [0.2, 0.25) is 0 Å². The lowest BCUT2D eigenvalue weighted by molar-refractivity contribution is 0.0705. The van der Waals surface area contributed by atoms with E-state index in [1.807, 2.05) is 0 Å². The van der Waals surface area contributed by atoms with Crippen molar-refractivity contribution in [3.05, 3.63) is 70.5 Å². The van der Waals surface area contributed by atoms with E-state index in [9.17, 15) is 22.8 Å². The summed E-state index contributed by atoms with van der Waals surface area (Å²) < 4.78 is 39.9. The van der Waals surface area contributed by atoms with Crippen LogP contribution in [0.25, 0.3) is 0 Å². The zero-order valence-electron chi connectivity index (χ0n) is 13.5. The van der Waals surface area contributed by atoms with Crippen LogP contribution < -0.4 is 5.48 Å². The van der Waals surface area contributed by atoms with Crippen LogP contribution in [0.4, 0.5) is 13.2 Å². The predicted octanol–water partition coefficient (Wildman–Crippen LogP) is 2.99. The Morgan fingerprint density at radius 3 is 2.54 bits per heavy atom. The fraction of sp³-hybridized carbons (Fsp3) is 0.118. The van der Waals surface area contributed by atoms with Gasteiger partial charge in [-0.05, 0) is 24.3 Å². The Balaban J connectivity index is 2.21. The van der Waals surface area contributed by atoms with Gasteiger partial charge in [0.2, 0.25) is 0 Å². The molecule has 0 aliphatic rings. The molecule has 2 amide bonds. The molecular weight excluding hydrogens is 351 g/mol. The summed E-state index contributed by atoms with van der Waals surface area (Å²) >= 11 is 0. The van der Waals surface area contributed by atoms with E-state index >= 15 is 0 Å². The van der Waals surface area contributed by atoms with Crippen LogP contribution >= 0.6 is 0 Å². The Hall–Kier alpha value is -3.20. The van der Waals surface area contributed by atoms with Crippen molar-refractivity contribution >= 4 is 18.0 Å². The van der Waals surface area contributed by atoms with Crippen LogP contribution in [-0.4, -0.2) is 35.3 Å². The van der Waals surface area contributed by atoms with Gasteiger partial charge in [0.25, 0.3) is 18.2 Å². The smallest absolute Gasteiger partial charge is 0.274 e. The summed E-state index contributed by atoms with van der Waals surface area (Å²) in [6, 6.07) is 8.56. The molecule has 2 aromatic carbocycles. The highest BCUT2D eigenvalue weighted by atomic mass is 19.3. The first-order valence-electron chi connectivity index (χ1n) is 7.28. The second-order valence-corrected chi connectivity index (χ2v) is 5.14. The van der Waals surface area contributed by atoms with Gasteiger partial charge < -0.3 is 0 Å². The van der Waals surface area contributed by atoms with E-state index in [0.29, 0.717) is 0 Å². The third-order valence-corrected chi connectivity index (χ3v) is 3.45. The standard InChI is InChI=1S/C17H14F3N3O3/c1-23(17(25)13-5-3-2-4-12(13)15(19)20)21-9-11-7-6-10(8-14(11)18)16(24)22-26/h2-9,15,26H,1H3,(H,22,24). The van der Waals surface area contributed by atoms with E-state index in [1.165, 1.54) is 42.9 Å². The highest BCUT2D eigenvalue weighted by Crippen LogP contribution is 2.23. The van der Waals surface area contributed by atoms with Gasteiger partial charge in [0.05, 0.1) is 11.8 Å². The van der Waals surface area contributed by atoms with Gasteiger partial charge in [-0.3, -0.25) is 14.8 Å². The Morgan fingerprint density at radius 2 is 1.92 bits per heavy atom. The Kier molecular flexibility index (Phi) is 6.07. The maximum atomic E-state index is 13.9. The summed E-state index contributed by atoms with van der Waals surface area (Å²) in [7, 11) is 1.24. The average Bonchev–Trinajstić information content (AvgIpc) is 2.65. The van der Waals surface area contributed by atoms with Gasteiger partial charge in [0.1, 0.15) is 5.82 Å². The van der Waals surface area contributed by atoms with Crippen LogP contribution in [-0.2, 0) is 0 Å². The zero-order valence-corrected chi connectivity index (χ0v) is 13.5. The number of carbonyl (C=O) groups is 2. The number of hydrogen-bond donors (Lipinski definition) is 2. The summed E-state index contributed by atoms with van der Waals surface area (Å²) in [5.74, 6) is -2.49. The second kappa shape index (κ2) is 8.26. The minimum atomic E-state index is -2.82. The molecule has 2 rings (SSSR count). The number of benzene rings is 2. The third-order valence-electron chi connectivity index (χ3n) is 3.45. The largest absolute Gasteiger partial charge is 0.288 e. The lowest BCUT2D eigenvalue weighted by atomic mass is 10.1. The number of nitrogens with zero attached hydrogens (tertiary/aromatic N) is 2. The van der Waals surface area contributed by atoms with Crippen molar-refractivity contribution in [1.82, 2.24) is 10.5 Å². The maximum absolute atomic E-state index is 13.9. The molecule has 136 valence electrons. The van der Waals surface area contributed by atoms with Crippen molar-refractivity contribution in [3.63, 3.8) is 0 Å². The molecule has 0 fully saturated rings. The van der Waals surface area contributed by atoms with Crippen molar-refractivity contribution in [2.75, 3.05) is 7.05 Å². The molecule has 6 nitrogen and oxygen atoms in total. The number of hydrazone groups is 1. The van der Waals surface area contributed by atoms with Gasteiger partial charge in [-0.1, -0.05) is 18.2 Å². The summed E-state index contributed by atoms with van der Waals surface area (Å²) in [5, 5.41) is 13.1. The monoisotopic (exact) mass is 365 g/mol. The Morgan fingerprint density at radius 1 is 1.23 bits per heavy atom. The van der Waals surface area contributed by atoms with Crippen molar-refractivity contribution < 1.29 is 28.0 Å². The number of alkyl halides is 2. The van der Waals surface area contributed by atoms with Crippen molar-refractivity contribution in [3.8, 4) is 0 Å². The van der Waals surface area contributed by atoms with Crippen molar-refractivity contribution in [2.24, 2.45) is 5.10 Å². The number of amides is 2. The summed E-state index contributed by atoms with van der Waals surface area (Å²) in [4.78, 5) is 23.5. The molecule has 0 unspecified atom stereocenters. The highest BCUT2D eigenvalue weighted by molar-refractivity contribution is 5.96. The first kappa shape index (κ1) is 19.1. The normalized spacial score (nSPS) is 11.0. The summed E-state index contributed by atoms with van der Waals surface area (Å²) in [6.45, 7) is 0. The molecule has 0 atom stereocenters. The topological polar surface area (TPSA) is 82.0 Å². The maximum Gasteiger partial charge on any atom is 0.274 e. The summed E-state index contributed by atoms with van der Waals surface area (Å²) in [6.07, 6.45) is -1.81. The molecule has 2 N–H and O–H groups in total. The number of hydrogen-bond acceptors (Lipinski definition) is 4. The van der Waals surface area contributed by atoms with Crippen molar-refractivity contribution in [2.45, 2.75) is 6.43 Å². The third kappa shape index (κ3) is 4.25. The highest BCUT2D eigenvalue weighted by Gasteiger charge is 2.20. The van der Waals surface area contributed by atoms with Gasteiger partial charge in [-0.2, -0.15) is 5.10 Å². The molecule has 26 heavy (non-hydrogen) atoms. The SMILES string of the molecule is CN(N=Cc1ccc(C(=O)NO)cc1F)C(=O)c1ccccc1C(F)F. The quantitative estimate of drug-likeness (QED) is 0.486. The van der Waals surface area contributed by atoms with Crippen molar-refractivity contribution in [1.29, 1.82) is 0 Å². The molecule has 0 heterocycles. The minimum Gasteiger partial charge on any atom is -0.288 e. The second-order valence-electron chi connectivity index (χ2n) is 5.14. The number of hydroxylamine groups is 1. The van der Waals surface area contributed by atoms with E-state index in [4.69, 9.17) is 5.21 Å². The molecule has 0 saturated heterocycles. The van der Waals surface area contributed by atoms with E-state index in [-0.39, 0.29) is 16.7 Å². The lowest BCUT2D eigenvalue weighted by Crippen LogP contribution is -2.23. The van der Waals surface area contributed by atoms with Crippen LogP contribution in [0, 0.1) is 5.82 Å². The van der Waals surface area contributed by atoms with E-state index in [0.717, 1.165) is 23.4 Å². The van der Waals surface area contributed by atoms with Gasteiger partial charge in [0.15, 0.2) is 0 Å².